The van der Waals surface area contributed by atoms with Crippen molar-refractivity contribution in [1.82, 2.24) is 0 Å². The number of fused-ring (bicyclic) bond motifs is 1. The molecule has 0 aromatic heterocycles. The number of ether oxygens (including phenoxy) is 2. The molecule has 1 heterocycles. The van der Waals surface area contributed by atoms with Crippen LogP contribution in [0.1, 0.15) is 41.5 Å². The van der Waals surface area contributed by atoms with Crippen LogP contribution in [0.4, 0.5) is 0 Å². The maximum absolute atomic E-state index is 11.3. The van der Waals surface area contributed by atoms with E-state index in [1.165, 1.54) is 16.7 Å². The fourth-order valence-electron chi connectivity index (χ4n) is 3.03. The number of benzene rings is 2. The fourth-order valence-corrected chi connectivity index (χ4v) is 3.03. The standard InChI is InChI=1S/C20H22O3/c1-13-4-5-16(14(2)8-13)11-22-18-6-7-19-17(9-15(3)21)12-23-20(19)10-18/h4-8,10,17H,9,11-12H2,1-3H3. The molecule has 0 saturated carbocycles. The van der Waals surface area contributed by atoms with Crippen molar-refractivity contribution in [2.24, 2.45) is 0 Å². The van der Waals surface area contributed by atoms with Gasteiger partial charge in [0.2, 0.25) is 0 Å². The Balaban J connectivity index is 1.69. The third kappa shape index (κ3) is 3.55. The van der Waals surface area contributed by atoms with Gasteiger partial charge in [0.15, 0.2) is 0 Å². The molecule has 23 heavy (non-hydrogen) atoms. The maximum atomic E-state index is 11.3. The summed E-state index contributed by atoms with van der Waals surface area (Å²) in [5, 5.41) is 0. The van der Waals surface area contributed by atoms with Crippen LogP contribution in [0.2, 0.25) is 0 Å². The molecule has 3 heteroatoms. The van der Waals surface area contributed by atoms with E-state index in [-0.39, 0.29) is 11.7 Å². The molecular weight excluding hydrogens is 288 g/mol. The van der Waals surface area contributed by atoms with Crippen molar-refractivity contribution in [1.29, 1.82) is 0 Å². The SMILES string of the molecule is CC(=O)CC1COc2cc(OCc3ccc(C)cc3C)ccc21. The summed E-state index contributed by atoms with van der Waals surface area (Å²) < 4.78 is 11.6. The Morgan fingerprint density at radius 2 is 2.04 bits per heavy atom. The van der Waals surface area contributed by atoms with Crippen LogP contribution in [0, 0.1) is 13.8 Å². The van der Waals surface area contributed by atoms with E-state index in [1.54, 1.807) is 6.92 Å². The fraction of sp³-hybridized carbons (Fsp3) is 0.350. The number of carbonyl (C=O) groups excluding carboxylic acids is 1. The van der Waals surface area contributed by atoms with E-state index in [1.807, 2.05) is 18.2 Å². The number of Topliss-reactive ketones (excluding diaryl/α,β-unsaturated/α-hetero) is 1. The van der Waals surface area contributed by atoms with E-state index in [0.29, 0.717) is 19.6 Å². The van der Waals surface area contributed by atoms with Gasteiger partial charge in [-0.1, -0.05) is 29.8 Å². The van der Waals surface area contributed by atoms with E-state index < -0.39 is 0 Å². The lowest BCUT2D eigenvalue weighted by molar-refractivity contribution is -0.117. The van der Waals surface area contributed by atoms with E-state index in [4.69, 9.17) is 9.47 Å². The Bertz CT molecular complexity index is 734. The largest absolute Gasteiger partial charge is 0.492 e. The Hall–Kier alpha value is -2.29. The smallest absolute Gasteiger partial charge is 0.130 e. The first kappa shape index (κ1) is 15.6. The van der Waals surface area contributed by atoms with Crippen molar-refractivity contribution >= 4 is 5.78 Å². The molecule has 0 aliphatic carbocycles. The number of hydrogen-bond acceptors (Lipinski definition) is 3. The quantitative estimate of drug-likeness (QED) is 0.824. The Morgan fingerprint density at radius 1 is 1.22 bits per heavy atom. The minimum Gasteiger partial charge on any atom is -0.492 e. The zero-order valence-electron chi connectivity index (χ0n) is 13.9. The lowest BCUT2D eigenvalue weighted by atomic mass is 9.96. The highest BCUT2D eigenvalue weighted by Gasteiger charge is 2.25. The molecular formula is C20H22O3. The summed E-state index contributed by atoms with van der Waals surface area (Å²) in [6.07, 6.45) is 0.537. The van der Waals surface area contributed by atoms with E-state index >= 15 is 0 Å². The first-order valence-corrected chi connectivity index (χ1v) is 7.98. The second kappa shape index (κ2) is 6.45. The Labute approximate surface area is 137 Å². The molecule has 2 aromatic rings. The number of ketones is 1. The summed E-state index contributed by atoms with van der Waals surface area (Å²) in [5.41, 5.74) is 4.79. The molecule has 0 saturated heterocycles. The highest BCUT2D eigenvalue weighted by atomic mass is 16.5. The first-order valence-electron chi connectivity index (χ1n) is 7.98. The first-order chi connectivity index (χ1) is 11.0. The topological polar surface area (TPSA) is 35.5 Å². The molecule has 120 valence electrons. The van der Waals surface area contributed by atoms with Gasteiger partial charge in [0, 0.05) is 24.0 Å². The average molecular weight is 310 g/mol. The van der Waals surface area contributed by atoms with Gasteiger partial charge >= 0.3 is 0 Å². The molecule has 1 atom stereocenters. The molecule has 1 unspecified atom stereocenters. The van der Waals surface area contributed by atoms with Crippen molar-refractivity contribution in [2.75, 3.05) is 6.61 Å². The molecule has 1 aliphatic rings. The van der Waals surface area contributed by atoms with E-state index in [0.717, 1.165) is 17.1 Å². The number of aryl methyl sites for hydroxylation is 2. The number of rotatable bonds is 5. The van der Waals surface area contributed by atoms with Gasteiger partial charge in [-0.15, -0.1) is 0 Å². The highest BCUT2D eigenvalue weighted by Crippen LogP contribution is 2.38. The maximum Gasteiger partial charge on any atom is 0.130 e. The lowest BCUT2D eigenvalue weighted by Gasteiger charge is -2.11. The summed E-state index contributed by atoms with van der Waals surface area (Å²) >= 11 is 0. The number of carbonyl (C=O) groups is 1. The minimum absolute atomic E-state index is 0.177. The highest BCUT2D eigenvalue weighted by molar-refractivity contribution is 5.76. The van der Waals surface area contributed by atoms with Gasteiger partial charge in [0.25, 0.3) is 0 Å². The molecule has 0 bridgehead atoms. The van der Waals surface area contributed by atoms with Gasteiger partial charge in [-0.3, -0.25) is 0 Å². The normalized spacial score (nSPS) is 15.9. The van der Waals surface area contributed by atoms with Crippen molar-refractivity contribution in [3.05, 3.63) is 58.7 Å². The molecule has 0 radical (unpaired) electrons. The predicted molar refractivity (Wildman–Crippen MR) is 90.2 cm³/mol. The lowest BCUT2D eigenvalue weighted by Crippen LogP contribution is -2.05. The van der Waals surface area contributed by atoms with Crippen LogP contribution < -0.4 is 9.47 Å². The second-order valence-electron chi connectivity index (χ2n) is 6.33. The summed E-state index contributed by atoms with van der Waals surface area (Å²) in [6.45, 7) is 6.94. The van der Waals surface area contributed by atoms with Gasteiger partial charge in [-0.2, -0.15) is 0 Å². The van der Waals surface area contributed by atoms with E-state index in [2.05, 4.69) is 32.0 Å². The van der Waals surface area contributed by atoms with Crippen molar-refractivity contribution in [3.8, 4) is 11.5 Å². The predicted octanol–water partition coefficient (Wildman–Crippen LogP) is 4.34. The molecule has 0 spiro atoms. The molecule has 3 nitrogen and oxygen atoms in total. The zero-order valence-corrected chi connectivity index (χ0v) is 13.9. The molecule has 0 N–H and O–H groups in total. The molecule has 0 fully saturated rings. The average Bonchev–Trinajstić information content (AvgIpc) is 2.88. The Kier molecular flexibility index (Phi) is 4.37. The zero-order chi connectivity index (χ0) is 16.4. The third-order valence-corrected chi connectivity index (χ3v) is 4.29. The van der Waals surface area contributed by atoms with Crippen molar-refractivity contribution in [2.45, 2.75) is 39.7 Å². The summed E-state index contributed by atoms with van der Waals surface area (Å²) in [5.74, 6) is 2.01. The number of hydrogen-bond donors (Lipinski definition) is 0. The molecule has 2 aromatic carbocycles. The summed E-state index contributed by atoms with van der Waals surface area (Å²) in [7, 11) is 0. The van der Waals surface area contributed by atoms with Gasteiger partial charge in [0.1, 0.15) is 23.9 Å². The van der Waals surface area contributed by atoms with Gasteiger partial charge in [0.05, 0.1) is 6.61 Å². The molecule has 3 rings (SSSR count). The van der Waals surface area contributed by atoms with Crippen LogP contribution in [0.15, 0.2) is 36.4 Å². The van der Waals surface area contributed by atoms with Gasteiger partial charge < -0.3 is 14.3 Å². The summed E-state index contributed by atoms with van der Waals surface area (Å²) in [4.78, 5) is 11.3. The monoisotopic (exact) mass is 310 g/mol. The van der Waals surface area contributed by atoms with Gasteiger partial charge in [-0.05, 0) is 38.0 Å². The van der Waals surface area contributed by atoms with Crippen molar-refractivity contribution < 1.29 is 14.3 Å². The Morgan fingerprint density at radius 3 is 2.78 bits per heavy atom. The van der Waals surface area contributed by atoms with Gasteiger partial charge in [-0.25, -0.2) is 0 Å². The van der Waals surface area contributed by atoms with Crippen LogP contribution in [0.3, 0.4) is 0 Å². The summed E-state index contributed by atoms with van der Waals surface area (Å²) in [6, 6.07) is 12.3. The molecule has 1 aliphatic heterocycles. The van der Waals surface area contributed by atoms with Crippen LogP contribution in [0.25, 0.3) is 0 Å². The van der Waals surface area contributed by atoms with Crippen LogP contribution in [-0.4, -0.2) is 12.4 Å². The van der Waals surface area contributed by atoms with Crippen LogP contribution >= 0.6 is 0 Å². The van der Waals surface area contributed by atoms with E-state index in [9.17, 15) is 4.79 Å². The second-order valence-corrected chi connectivity index (χ2v) is 6.33. The minimum atomic E-state index is 0.177. The molecule has 0 amide bonds. The van der Waals surface area contributed by atoms with Crippen molar-refractivity contribution in [3.63, 3.8) is 0 Å². The van der Waals surface area contributed by atoms with Crippen LogP contribution in [0.5, 0.6) is 11.5 Å². The van der Waals surface area contributed by atoms with Crippen LogP contribution in [-0.2, 0) is 11.4 Å². The third-order valence-electron chi connectivity index (χ3n) is 4.29.